The summed E-state index contributed by atoms with van der Waals surface area (Å²) in [6.07, 6.45) is 1.74. The fourth-order valence-electron chi connectivity index (χ4n) is 1.44. The van der Waals surface area contributed by atoms with E-state index in [1.54, 1.807) is 16.9 Å². The molecule has 0 aliphatic carbocycles. The van der Waals surface area contributed by atoms with Crippen molar-refractivity contribution >= 4 is 17.6 Å². The lowest BCUT2D eigenvalue weighted by Gasteiger charge is -2.01. The second-order valence-electron chi connectivity index (χ2n) is 3.52. The van der Waals surface area contributed by atoms with E-state index in [9.17, 15) is 4.79 Å². The third kappa shape index (κ3) is 2.85. The van der Waals surface area contributed by atoms with Crippen LogP contribution in [-0.2, 0) is 11.3 Å². The Labute approximate surface area is 104 Å². The summed E-state index contributed by atoms with van der Waals surface area (Å²) in [6.45, 7) is 0.591. The first-order valence-corrected chi connectivity index (χ1v) is 5.43. The number of methoxy groups -OCH3 is 1. The highest BCUT2D eigenvalue weighted by molar-refractivity contribution is 6.30. The van der Waals surface area contributed by atoms with Crippen molar-refractivity contribution in [2.75, 3.05) is 7.11 Å². The molecule has 0 fully saturated rings. The van der Waals surface area contributed by atoms with Crippen LogP contribution in [0.4, 0.5) is 0 Å². The van der Waals surface area contributed by atoms with E-state index in [1.807, 2.05) is 24.3 Å². The quantitative estimate of drug-likeness (QED) is 0.786. The number of carbonyl (C=O) groups is 1. The highest BCUT2D eigenvalue weighted by Gasteiger charge is 2.08. The second kappa shape index (κ2) is 5.01. The van der Waals surface area contributed by atoms with Crippen LogP contribution in [-0.4, -0.2) is 22.9 Å². The highest BCUT2D eigenvalue weighted by atomic mass is 35.5. The van der Waals surface area contributed by atoms with Gasteiger partial charge in [-0.15, -0.1) is 0 Å². The van der Waals surface area contributed by atoms with Gasteiger partial charge in [0.15, 0.2) is 5.69 Å². The van der Waals surface area contributed by atoms with Crippen molar-refractivity contribution < 1.29 is 9.53 Å². The number of halogens is 1. The van der Waals surface area contributed by atoms with Gasteiger partial charge in [-0.1, -0.05) is 23.7 Å². The van der Waals surface area contributed by atoms with Gasteiger partial charge in [0.2, 0.25) is 0 Å². The van der Waals surface area contributed by atoms with Crippen molar-refractivity contribution in [3.05, 3.63) is 52.8 Å². The van der Waals surface area contributed by atoms with Gasteiger partial charge in [0, 0.05) is 11.2 Å². The van der Waals surface area contributed by atoms with Crippen molar-refractivity contribution in [1.82, 2.24) is 9.78 Å². The summed E-state index contributed by atoms with van der Waals surface area (Å²) in [7, 11) is 1.33. The predicted molar refractivity (Wildman–Crippen MR) is 64.1 cm³/mol. The summed E-state index contributed by atoms with van der Waals surface area (Å²) in [5.41, 5.74) is 1.37. The minimum atomic E-state index is -0.431. The zero-order chi connectivity index (χ0) is 12.3. The third-order valence-corrected chi connectivity index (χ3v) is 2.55. The Kier molecular flexibility index (Phi) is 3.44. The Morgan fingerprint density at radius 3 is 2.71 bits per heavy atom. The zero-order valence-electron chi connectivity index (χ0n) is 9.26. The fourth-order valence-corrected chi connectivity index (χ4v) is 1.57. The van der Waals surface area contributed by atoms with Gasteiger partial charge < -0.3 is 4.74 Å². The number of hydrogen-bond donors (Lipinski definition) is 0. The molecule has 0 amide bonds. The molecule has 1 aromatic heterocycles. The molecule has 17 heavy (non-hydrogen) atoms. The molecule has 0 aliphatic rings. The minimum Gasteiger partial charge on any atom is -0.464 e. The average molecular weight is 251 g/mol. The van der Waals surface area contributed by atoms with E-state index >= 15 is 0 Å². The largest absolute Gasteiger partial charge is 0.464 e. The van der Waals surface area contributed by atoms with Gasteiger partial charge in [0.1, 0.15) is 0 Å². The van der Waals surface area contributed by atoms with Gasteiger partial charge in [0.05, 0.1) is 13.7 Å². The van der Waals surface area contributed by atoms with E-state index in [4.69, 9.17) is 11.6 Å². The van der Waals surface area contributed by atoms with Gasteiger partial charge in [-0.3, -0.25) is 4.68 Å². The van der Waals surface area contributed by atoms with Crippen LogP contribution in [0, 0.1) is 0 Å². The summed E-state index contributed by atoms with van der Waals surface area (Å²) in [6, 6.07) is 9.11. The topological polar surface area (TPSA) is 44.1 Å². The Morgan fingerprint density at radius 2 is 2.06 bits per heavy atom. The molecule has 0 saturated heterocycles. The van der Waals surface area contributed by atoms with Crippen LogP contribution < -0.4 is 0 Å². The molecule has 4 nitrogen and oxygen atoms in total. The second-order valence-corrected chi connectivity index (χ2v) is 3.95. The number of nitrogens with zero attached hydrogens (tertiary/aromatic N) is 2. The van der Waals surface area contributed by atoms with Crippen LogP contribution in [0.3, 0.4) is 0 Å². The summed E-state index contributed by atoms with van der Waals surface area (Å²) in [5.74, 6) is -0.431. The lowest BCUT2D eigenvalue weighted by molar-refractivity contribution is 0.0593. The molecule has 88 valence electrons. The van der Waals surface area contributed by atoms with Crippen LogP contribution >= 0.6 is 11.6 Å². The maximum atomic E-state index is 11.2. The standard InChI is InChI=1S/C12H11ClN2O2/c1-17-12(16)11-6-7-15(14-11)8-9-2-4-10(13)5-3-9/h2-7H,8H2,1H3. The minimum absolute atomic E-state index is 0.307. The van der Waals surface area contributed by atoms with Crippen LogP contribution in [0.25, 0.3) is 0 Å². The molecule has 0 spiro atoms. The normalized spacial score (nSPS) is 10.2. The van der Waals surface area contributed by atoms with E-state index in [0.29, 0.717) is 17.3 Å². The molecule has 0 aliphatic heterocycles. The average Bonchev–Trinajstić information content (AvgIpc) is 2.80. The lowest BCUT2D eigenvalue weighted by atomic mass is 10.2. The van der Waals surface area contributed by atoms with E-state index in [1.165, 1.54) is 7.11 Å². The molecule has 1 aromatic carbocycles. The molecule has 0 bridgehead atoms. The first kappa shape index (κ1) is 11.7. The summed E-state index contributed by atoms with van der Waals surface area (Å²) < 4.78 is 6.26. The van der Waals surface area contributed by atoms with Crippen molar-refractivity contribution in [1.29, 1.82) is 0 Å². The Morgan fingerprint density at radius 1 is 1.35 bits per heavy atom. The van der Waals surface area contributed by atoms with E-state index in [-0.39, 0.29) is 0 Å². The van der Waals surface area contributed by atoms with Crippen LogP contribution in [0.15, 0.2) is 36.5 Å². The third-order valence-electron chi connectivity index (χ3n) is 2.29. The lowest BCUT2D eigenvalue weighted by Crippen LogP contribution is -2.05. The van der Waals surface area contributed by atoms with Crippen LogP contribution in [0.1, 0.15) is 16.1 Å². The molecule has 0 N–H and O–H groups in total. The Bertz CT molecular complexity index is 520. The number of ether oxygens (including phenoxy) is 1. The first-order chi connectivity index (χ1) is 8.19. The van der Waals surface area contributed by atoms with Gasteiger partial charge in [-0.2, -0.15) is 5.10 Å². The predicted octanol–water partition coefficient (Wildman–Crippen LogP) is 2.37. The summed E-state index contributed by atoms with van der Waals surface area (Å²) in [4.78, 5) is 11.2. The number of rotatable bonds is 3. The fraction of sp³-hybridized carbons (Fsp3) is 0.167. The number of benzene rings is 1. The molecular weight excluding hydrogens is 240 g/mol. The van der Waals surface area contributed by atoms with E-state index in [0.717, 1.165) is 5.56 Å². The van der Waals surface area contributed by atoms with E-state index in [2.05, 4.69) is 9.84 Å². The van der Waals surface area contributed by atoms with Crippen molar-refractivity contribution in [2.24, 2.45) is 0 Å². The molecule has 2 aromatic rings. The highest BCUT2D eigenvalue weighted by Crippen LogP contribution is 2.10. The number of carbonyl (C=O) groups excluding carboxylic acids is 1. The molecular formula is C12H11ClN2O2. The van der Waals surface area contributed by atoms with Crippen molar-refractivity contribution in [3.8, 4) is 0 Å². The molecule has 0 radical (unpaired) electrons. The van der Waals surface area contributed by atoms with Gasteiger partial charge >= 0.3 is 5.97 Å². The van der Waals surface area contributed by atoms with Crippen molar-refractivity contribution in [2.45, 2.75) is 6.54 Å². The maximum Gasteiger partial charge on any atom is 0.358 e. The molecule has 0 unspecified atom stereocenters. The van der Waals surface area contributed by atoms with Crippen LogP contribution in [0.2, 0.25) is 5.02 Å². The number of esters is 1. The molecule has 0 atom stereocenters. The molecule has 0 saturated carbocycles. The maximum absolute atomic E-state index is 11.2. The molecule has 2 rings (SSSR count). The van der Waals surface area contributed by atoms with Gasteiger partial charge in [0.25, 0.3) is 0 Å². The summed E-state index contributed by atoms with van der Waals surface area (Å²) >= 11 is 5.80. The number of hydrogen-bond acceptors (Lipinski definition) is 3. The monoisotopic (exact) mass is 250 g/mol. The Balaban J connectivity index is 2.11. The first-order valence-electron chi connectivity index (χ1n) is 5.05. The Hall–Kier alpha value is -1.81. The smallest absolute Gasteiger partial charge is 0.358 e. The van der Waals surface area contributed by atoms with Crippen molar-refractivity contribution in [3.63, 3.8) is 0 Å². The van der Waals surface area contributed by atoms with Gasteiger partial charge in [-0.25, -0.2) is 4.79 Å². The SMILES string of the molecule is COC(=O)c1ccn(Cc2ccc(Cl)cc2)n1. The summed E-state index contributed by atoms with van der Waals surface area (Å²) in [5, 5.41) is 4.81. The van der Waals surface area contributed by atoms with Crippen LogP contribution in [0.5, 0.6) is 0 Å². The number of aromatic nitrogens is 2. The molecule has 1 heterocycles. The van der Waals surface area contributed by atoms with Gasteiger partial charge in [-0.05, 0) is 23.8 Å². The van der Waals surface area contributed by atoms with E-state index < -0.39 is 5.97 Å². The molecule has 5 heteroatoms. The zero-order valence-corrected chi connectivity index (χ0v) is 10.0.